The third-order valence-electron chi connectivity index (χ3n) is 4.65. The summed E-state index contributed by atoms with van der Waals surface area (Å²) in [7, 11) is 0. The van der Waals surface area contributed by atoms with Crippen molar-refractivity contribution in [3.8, 4) is 11.4 Å². The molecule has 2 fully saturated rings. The molecule has 8 heteroatoms. The van der Waals surface area contributed by atoms with E-state index in [0.29, 0.717) is 30.8 Å². The highest BCUT2D eigenvalue weighted by Crippen LogP contribution is 2.53. The van der Waals surface area contributed by atoms with Gasteiger partial charge in [0.2, 0.25) is 11.7 Å². The van der Waals surface area contributed by atoms with Crippen LogP contribution in [-0.2, 0) is 4.74 Å². The van der Waals surface area contributed by atoms with Crippen molar-refractivity contribution < 1.29 is 14.1 Å². The number of benzene rings is 1. The number of ether oxygens (including phenoxy) is 1. The number of imidazole rings is 1. The van der Waals surface area contributed by atoms with Gasteiger partial charge in [0.15, 0.2) is 0 Å². The topological polar surface area (TPSA) is 97.1 Å². The Morgan fingerprint density at radius 1 is 1.28 bits per heavy atom. The lowest BCUT2D eigenvalue weighted by molar-refractivity contribution is 0.181. The molecule has 2 aromatic heterocycles. The summed E-state index contributed by atoms with van der Waals surface area (Å²) in [4.78, 5) is 25.0. The number of amides is 1. The second kappa shape index (κ2) is 5.44. The Bertz CT molecular complexity index is 920. The van der Waals surface area contributed by atoms with Crippen molar-refractivity contribution in [3.05, 3.63) is 48.4 Å². The molecule has 1 N–H and O–H groups in total. The van der Waals surface area contributed by atoms with E-state index in [1.54, 1.807) is 11.2 Å². The first-order valence-electron chi connectivity index (χ1n) is 8.16. The number of cyclic esters (lactones) is 1. The van der Waals surface area contributed by atoms with Crippen LogP contribution in [0, 0.1) is 0 Å². The van der Waals surface area contributed by atoms with Crippen molar-refractivity contribution in [2.24, 2.45) is 0 Å². The fourth-order valence-electron chi connectivity index (χ4n) is 3.22. The van der Waals surface area contributed by atoms with Crippen molar-refractivity contribution in [1.29, 1.82) is 0 Å². The minimum Gasteiger partial charge on any atom is -0.447 e. The number of anilines is 1. The molecule has 8 nitrogen and oxygen atoms in total. The number of H-pyrrole nitrogens is 1. The number of hydrogen-bond donors (Lipinski definition) is 1. The molecule has 1 saturated carbocycles. The van der Waals surface area contributed by atoms with Gasteiger partial charge in [-0.3, -0.25) is 4.90 Å². The number of aromatic nitrogens is 4. The third kappa shape index (κ3) is 2.46. The Morgan fingerprint density at radius 3 is 3.04 bits per heavy atom. The third-order valence-corrected chi connectivity index (χ3v) is 4.65. The van der Waals surface area contributed by atoms with E-state index in [-0.39, 0.29) is 12.0 Å². The summed E-state index contributed by atoms with van der Waals surface area (Å²) in [6.45, 7) is 0.958. The molecule has 0 unspecified atom stereocenters. The van der Waals surface area contributed by atoms with Crippen LogP contribution in [-0.4, -0.2) is 39.4 Å². The van der Waals surface area contributed by atoms with Crippen LogP contribution < -0.4 is 4.90 Å². The molecule has 2 aliphatic rings. The highest BCUT2D eigenvalue weighted by atomic mass is 16.6. The van der Waals surface area contributed by atoms with Crippen LogP contribution in [0.15, 0.2) is 41.3 Å². The van der Waals surface area contributed by atoms with Gasteiger partial charge in [-0.1, -0.05) is 17.3 Å². The molecule has 2 atom stereocenters. The second-order valence-corrected chi connectivity index (χ2v) is 6.23. The number of nitrogens with one attached hydrogen (secondary N) is 1. The minimum absolute atomic E-state index is 0.235. The van der Waals surface area contributed by atoms with E-state index in [9.17, 15) is 4.79 Å². The molecule has 1 aliphatic heterocycles. The van der Waals surface area contributed by atoms with E-state index < -0.39 is 0 Å². The average molecular weight is 337 g/mol. The summed E-state index contributed by atoms with van der Waals surface area (Å²) in [5.74, 6) is 1.76. The van der Waals surface area contributed by atoms with Gasteiger partial charge in [0, 0.05) is 35.0 Å². The second-order valence-electron chi connectivity index (χ2n) is 6.23. The quantitative estimate of drug-likeness (QED) is 0.786. The molecule has 1 saturated heterocycles. The van der Waals surface area contributed by atoms with Gasteiger partial charge in [0.05, 0.1) is 12.9 Å². The maximum Gasteiger partial charge on any atom is 0.414 e. The summed E-state index contributed by atoms with van der Waals surface area (Å²) in [5.41, 5.74) is 2.68. The molecule has 25 heavy (non-hydrogen) atoms. The van der Waals surface area contributed by atoms with Crippen LogP contribution in [0.1, 0.15) is 29.8 Å². The van der Waals surface area contributed by atoms with E-state index >= 15 is 0 Å². The van der Waals surface area contributed by atoms with Gasteiger partial charge in [-0.05, 0) is 18.6 Å². The van der Waals surface area contributed by atoms with E-state index in [4.69, 9.17) is 9.26 Å². The molecule has 0 bridgehead atoms. The number of rotatable bonds is 4. The van der Waals surface area contributed by atoms with Crippen molar-refractivity contribution >= 4 is 11.8 Å². The van der Waals surface area contributed by atoms with Crippen molar-refractivity contribution in [2.75, 3.05) is 18.1 Å². The molecular weight excluding hydrogens is 322 g/mol. The normalized spacial score (nSPS) is 22.2. The zero-order chi connectivity index (χ0) is 16.8. The highest BCUT2D eigenvalue weighted by Gasteiger charge is 2.44. The van der Waals surface area contributed by atoms with Gasteiger partial charge in [-0.25, -0.2) is 9.78 Å². The summed E-state index contributed by atoms with van der Waals surface area (Å²) in [6, 6.07) is 7.52. The summed E-state index contributed by atoms with van der Waals surface area (Å²) in [5, 5.41) is 4.10. The molecule has 3 heterocycles. The van der Waals surface area contributed by atoms with Gasteiger partial charge in [-0.15, -0.1) is 0 Å². The van der Waals surface area contributed by atoms with E-state index in [1.807, 2.05) is 30.5 Å². The van der Waals surface area contributed by atoms with Crippen LogP contribution in [0.2, 0.25) is 0 Å². The number of hydrogen-bond acceptors (Lipinski definition) is 6. The lowest BCUT2D eigenvalue weighted by Crippen LogP contribution is -2.23. The maximum atomic E-state index is 11.7. The SMILES string of the molecule is O=C1OCCN1c1cccc(-c2noc([C@@H]3C[C@H]3c3cnc[nH]3)n2)c1. The maximum absolute atomic E-state index is 11.7. The minimum atomic E-state index is -0.327. The molecule has 1 aromatic carbocycles. The Hall–Kier alpha value is -3.16. The van der Waals surface area contributed by atoms with Crippen molar-refractivity contribution in [1.82, 2.24) is 20.1 Å². The Kier molecular flexibility index (Phi) is 3.09. The van der Waals surface area contributed by atoms with Crippen LogP contribution in [0.25, 0.3) is 11.4 Å². The lowest BCUT2D eigenvalue weighted by Gasteiger charge is -2.12. The monoisotopic (exact) mass is 337 g/mol. The number of carbonyl (C=O) groups is 1. The highest BCUT2D eigenvalue weighted by molar-refractivity contribution is 5.90. The predicted octanol–water partition coefficient (Wildman–Crippen LogP) is 2.69. The van der Waals surface area contributed by atoms with Crippen LogP contribution in [0.5, 0.6) is 0 Å². The summed E-state index contributed by atoms with van der Waals surface area (Å²) >= 11 is 0. The molecule has 0 radical (unpaired) electrons. The largest absolute Gasteiger partial charge is 0.447 e. The number of carbonyl (C=O) groups excluding carboxylic acids is 1. The van der Waals surface area contributed by atoms with Gasteiger partial charge >= 0.3 is 6.09 Å². The first-order valence-corrected chi connectivity index (χ1v) is 8.16. The van der Waals surface area contributed by atoms with Gasteiger partial charge in [0.1, 0.15) is 6.61 Å². The molecule has 1 amide bonds. The van der Waals surface area contributed by atoms with E-state index in [2.05, 4.69) is 20.1 Å². The number of nitrogens with zero attached hydrogens (tertiary/aromatic N) is 4. The van der Waals surface area contributed by atoms with Crippen LogP contribution in [0.3, 0.4) is 0 Å². The van der Waals surface area contributed by atoms with Crippen molar-refractivity contribution in [3.63, 3.8) is 0 Å². The molecule has 1 aliphatic carbocycles. The average Bonchev–Trinajstić information content (AvgIpc) is 3.09. The van der Waals surface area contributed by atoms with Crippen molar-refractivity contribution in [2.45, 2.75) is 18.3 Å². The smallest absolute Gasteiger partial charge is 0.414 e. The molecule has 3 aromatic rings. The first-order chi connectivity index (χ1) is 12.3. The zero-order valence-corrected chi connectivity index (χ0v) is 13.3. The molecular formula is C17H15N5O3. The van der Waals surface area contributed by atoms with E-state index in [0.717, 1.165) is 23.4 Å². The Balaban J connectivity index is 1.38. The van der Waals surface area contributed by atoms with Gasteiger partial charge < -0.3 is 14.2 Å². The summed E-state index contributed by atoms with van der Waals surface area (Å²) in [6.07, 6.45) is 4.16. The van der Waals surface area contributed by atoms with Crippen LogP contribution in [0.4, 0.5) is 10.5 Å². The molecule has 0 spiro atoms. The fourth-order valence-corrected chi connectivity index (χ4v) is 3.22. The van der Waals surface area contributed by atoms with Gasteiger partial charge in [-0.2, -0.15) is 4.98 Å². The summed E-state index contributed by atoms with van der Waals surface area (Å²) < 4.78 is 10.4. The molecule has 5 rings (SSSR count). The van der Waals surface area contributed by atoms with E-state index in [1.165, 1.54) is 0 Å². The fraction of sp³-hybridized carbons (Fsp3) is 0.294. The number of aromatic amines is 1. The standard InChI is InChI=1S/C17H15N5O3/c23-17-22(4-5-24-17)11-3-1-2-10(6-11)15-20-16(25-21-15)13-7-12(13)14-8-18-9-19-14/h1-3,6,8-9,12-13H,4-5,7H2,(H,18,19)/t12-,13-/m1/s1. The Morgan fingerprint density at radius 2 is 2.24 bits per heavy atom. The predicted molar refractivity (Wildman–Crippen MR) is 87.1 cm³/mol. The lowest BCUT2D eigenvalue weighted by atomic mass is 10.2. The Labute approximate surface area is 142 Å². The van der Waals surface area contributed by atoms with Gasteiger partial charge in [0.25, 0.3) is 0 Å². The zero-order valence-electron chi connectivity index (χ0n) is 13.3. The first kappa shape index (κ1) is 14.2. The molecule has 126 valence electrons. The van der Waals surface area contributed by atoms with Crippen LogP contribution >= 0.6 is 0 Å².